The Morgan fingerprint density at radius 3 is 2.44 bits per heavy atom. The molecule has 0 radical (unpaired) electrons. The van der Waals surface area contributed by atoms with E-state index in [1.807, 2.05) is 0 Å². The van der Waals surface area contributed by atoms with Crippen LogP contribution in [0.2, 0.25) is 5.02 Å². The number of aromatic hydroxyl groups is 1. The van der Waals surface area contributed by atoms with Gasteiger partial charge in [0.05, 0.1) is 0 Å². The maximum Gasteiger partial charge on any atom is 0.387 e. The number of alkyl halides is 2. The van der Waals surface area contributed by atoms with Crippen LogP contribution in [0, 0.1) is 0 Å². The van der Waals surface area contributed by atoms with Crippen molar-refractivity contribution in [1.82, 2.24) is 0 Å². The number of hydrogen-bond donors (Lipinski definition) is 2. The van der Waals surface area contributed by atoms with E-state index in [1.165, 1.54) is 42.5 Å². The smallest absolute Gasteiger partial charge is 0.387 e. The molecule has 2 N–H and O–H groups in total. The molecule has 6 nitrogen and oxygen atoms in total. The maximum atomic E-state index is 12.0. The van der Waals surface area contributed by atoms with Gasteiger partial charge in [-0.3, -0.25) is 4.79 Å². The second kappa shape index (κ2) is 8.29. The normalized spacial score (nSPS) is 10.4. The summed E-state index contributed by atoms with van der Waals surface area (Å²) in [7, 11) is 0. The van der Waals surface area contributed by atoms with Crippen LogP contribution in [0.1, 0.15) is 10.4 Å². The SMILES string of the molecule is O=C(COC(=O)c1ccc(Cl)cc1O)Nc1ccc(OC(F)F)cc1. The second-order valence-electron chi connectivity index (χ2n) is 4.69. The lowest BCUT2D eigenvalue weighted by Gasteiger charge is -2.09. The highest BCUT2D eigenvalue weighted by Gasteiger charge is 2.15. The van der Waals surface area contributed by atoms with Crippen LogP contribution in [0.5, 0.6) is 11.5 Å². The van der Waals surface area contributed by atoms with Gasteiger partial charge in [0, 0.05) is 10.7 Å². The van der Waals surface area contributed by atoms with E-state index < -0.39 is 25.1 Å². The zero-order valence-corrected chi connectivity index (χ0v) is 13.3. The molecule has 0 aliphatic rings. The van der Waals surface area contributed by atoms with Gasteiger partial charge in [0.15, 0.2) is 6.61 Å². The molecule has 0 saturated heterocycles. The summed E-state index contributed by atoms with van der Waals surface area (Å²) in [4.78, 5) is 23.5. The molecule has 9 heteroatoms. The van der Waals surface area contributed by atoms with E-state index in [4.69, 9.17) is 16.3 Å². The topological polar surface area (TPSA) is 84.9 Å². The molecule has 0 saturated carbocycles. The first-order valence-electron chi connectivity index (χ1n) is 6.85. The highest BCUT2D eigenvalue weighted by molar-refractivity contribution is 6.30. The summed E-state index contributed by atoms with van der Waals surface area (Å²) < 4.78 is 33.0. The minimum Gasteiger partial charge on any atom is -0.507 e. The third-order valence-corrected chi connectivity index (χ3v) is 3.11. The lowest BCUT2D eigenvalue weighted by molar-refractivity contribution is -0.119. The van der Waals surface area contributed by atoms with Gasteiger partial charge in [-0.05, 0) is 42.5 Å². The molecular weight excluding hydrogens is 360 g/mol. The third kappa shape index (κ3) is 5.61. The van der Waals surface area contributed by atoms with Gasteiger partial charge in [-0.2, -0.15) is 8.78 Å². The van der Waals surface area contributed by atoms with Gasteiger partial charge in [-0.25, -0.2) is 4.79 Å². The second-order valence-corrected chi connectivity index (χ2v) is 5.13. The predicted molar refractivity (Wildman–Crippen MR) is 85.1 cm³/mol. The number of rotatable bonds is 6. The summed E-state index contributed by atoms with van der Waals surface area (Å²) in [6.45, 7) is -3.54. The Morgan fingerprint density at radius 2 is 1.84 bits per heavy atom. The molecule has 0 spiro atoms. The largest absolute Gasteiger partial charge is 0.507 e. The van der Waals surface area contributed by atoms with Crippen molar-refractivity contribution >= 4 is 29.2 Å². The Kier molecular flexibility index (Phi) is 6.13. The highest BCUT2D eigenvalue weighted by Crippen LogP contribution is 2.22. The number of amides is 1. The molecule has 0 heterocycles. The van der Waals surface area contributed by atoms with E-state index in [2.05, 4.69) is 10.1 Å². The minimum absolute atomic E-state index is 0.0577. The summed E-state index contributed by atoms with van der Waals surface area (Å²) in [6.07, 6.45) is 0. The van der Waals surface area contributed by atoms with Gasteiger partial charge >= 0.3 is 12.6 Å². The fourth-order valence-corrected chi connectivity index (χ4v) is 1.97. The Bertz CT molecular complexity index is 768. The molecule has 2 aromatic carbocycles. The fraction of sp³-hybridized carbons (Fsp3) is 0.125. The Balaban J connectivity index is 1.86. The summed E-state index contributed by atoms with van der Waals surface area (Å²) in [5.74, 6) is -1.97. The van der Waals surface area contributed by atoms with Crippen LogP contribution in [-0.2, 0) is 9.53 Å². The molecule has 0 aromatic heterocycles. The molecule has 2 aromatic rings. The summed E-state index contributed by atoms with van der Waals surface area (Å²) >= 11 is 5.65. The van der Waals surface area contributed by atoms with E-state index in [0.29, 0.717) is 5.69 Å². The quantitative estimate of drug-likeness (QED) is 0.760. The number of ether oxygens (including phenoxy) is 2. The number of esters is 1. The van der Waals surface area contributed by atoms with Gasteiger partial charge in [-0.15, -0.1) is 0 Å². The Labute approximate surface area is 145 Å². The predicted octanol–water partition coefficient (Wildman–Crippen LogP) is 3.44. The summed E-state index contributed by atoms with van der Waals surface area (Å²) in [6, 6.07) is 9.02. The maximum absolute atomic E-state index is 12.0. The molecule has 1 amide bonds. The van der Waals surface area contributed by atoms with Crippen LogP contribution < -0.4 is 10.1 Å². The van der Waals surface area contributed by atoms with Crippen molar-refractivity contribution in [1.29, 1.82) is 0 Å². The zero-order chi connectivity index (χ0) is 18.4. The lowest BCUT2D eigenvalue weighted by atomic mass is 10.2. The number of phenols is 1. The van der Waals surface area contributed by atoms with Crippen molar-refractivity contribution < 1.29 is 33.0 Å². The van der Waals surface area contributed by atoms with Gasteiger partial charge < -0.3 is 19.9 Å². The van der Waals surface area contributed by atoms with Crippen molar-refractivity contribution in [3.63, 3.8) is 0 Å². The number of phenolic OH excluding ortho intramolecular Hbond substituents is 1. The first kappa shape index (κ1) is 18.5. The standard InChI is InChI=1S/C16H12ClF2NO5/c17-9-1-6-12(13(21)7-9)15(23)24-8-14(22)20-10-2-4-11(5-3-10)25-16(18)19/h1-7,16,21H,8H2,(H,20,22). The van der Waals surface area contributed by atoms with E-state index >= 15 is 0 Å². The van der Waals surface area contributed by atoms with E-state index in [-0.39, 0.29) is 22.1 Å². The van der Waals surface area contributed by atoms with E-state index in [1.54, 1.807) is 0 Å². The number of halogens is 3. The number of anilines is 1. The van der Waals surface area contributed by atoms with Crippen molar-refractivity contribution in [2.24, 2.45) is 0 Å². The van der Waals surface area contributed by atoms with Crippen LogP contribution in [0.25, 0.3) is 0 Å². The molecule has 0 fully saturated rings. The van der Waals surface area contributed by atoms with Crippen molar-refractivity contribution in [3.05, 3.63) is 53.1 Å². The van der Waals surface area contributed by atoms with Gasteiger partial charge in [0.2, 0.25) is 0 Å². The molecule has 0 atom stereocenters. The first-order valence-corrected chi connectivity index (χ1v) is 7.23. The summed E-state index contributed by atoms with van der Waals surface area (Å²) in [5.41, 5.74) is 0.169. The number of hydrogen-bond acceptors (Lipinski definition) is 5. The Hall–Kier alpha value is -2.87. The molecule has 132 valence electrons. The van der Waals surface area contributed by atoms with Crippen molar-refractivity contribution in [2.75, 3.05) is 11.9 Å². The van der Waals surface area contributed by atoms with Gasteiger partial charge in [0.25, 0.3) is 5.91 Å². The van der Waals surface area contributed by atoms with Crippen LogP contribution in [0.4, 0.5) is 14.5 Å². The van der Waals surface area contributed by atoms with Crippen LogP contribution in [-0.4, -0.2) is 30.2 Å². The van der Waals surface area contributed by atoms with Crippen molar-refractivity contribution in [2.45, 2.75) is 6.61 Å². The third-order valence-electron chi connectivity index (χ3n) is 2.88. The fourth-order valence-electron chi connectivity index (χ4n) is 1.80. The molecule has 0 aliphatic heterocycles. The van der Waals surface area contributed by atoms with Gasteiger partial charge in [0.1, 0.15) is 17.1 Å². The minimum atomic E-state index is -2.94. The number of carbonyl (C=O) groups is 2. The average Bonchev–Trinajstić information content (AvgIpc) is 2.54. The monoisotopic (exact) mass is 371 g/mol. The lowest BCUT2D eigenvalue weighted by Crippen LogP contribution is -2.21. The van der Waals surface area contributed by atoms with Crippen LogP contribution in [0.15, 0.2) is 42.5 Å². The van der Waals surface area contributed by atoms with Gasteiger partial charge in [-0.1, -0.05) is 11.6 Å². The van der Waals surface area contributed by atoms with E-state index in [9.17, 15) is 23.5 Å². The number of benzene rings is 2. The zero-order valence-electron chi connectivity index (χ0n) is 12.5. The molecule has 2 rings (SSSR count). The molecule has 25 heavy (non-hydrogen) atoms. The highest BCUT2D eigenvalue weighted by atomic mass is 35.5. The number of carbonyl (C=O) groups excluding carboxylic acids is 2. The van der Waals surface area contributed by atoms with Crippen LogP contribution in [0.3, 0.4) is 0 Å². The number of nitrogens with one attached hydrogen (secondary N) is 1. The molecule has 0 aliphatic carbocycles. The Morgan fingerprint density at radius 1 is 1.16 bits per heavy atom. The average molecular weight is 372 g/mol. The molecular formula is C16H12ClF2NO5. The van der Waals surface area contributed by atoms with Crippen LogP contribution >= 0.6 is 11.6 Å². The molecule has 0 bridgehead atoms. The summed E-state index contributed by atoms with van der Waals surface area (Å²) in [5, 5.41) is 12.3. The van der Waals surface area contributed by atoms with E-state index in [0.717, 1.165) is 0 Å². The first-order chi connectivity index (χ1) is 11.8. The molecule has 0 unspecified atom stereocenters. The van der Waals surface area contributed by atoms with Crippen molar-refractivity contribution in [3.8, 4) is 11.5 Å².